The van der Waals surface area contributed by atoms with Crippen LogP contribution in [0.1, 0.15) is 23.2 Å². The number of hydrogen-bond acceptors (Lipinski definition) is 5. The molecule has 0 radical (unpaired) electrons. The summed E-state index contributed by atoms with van der Waals surface area (Å²) in [7, 11) is 0. The van der Waals surface area contributed by atoms with Crippen molar-refractivity contribution in [3.05, 3.63) is 46.5 Å². The van der Waals surface area contributed by atoms with Gasteiger partial charge in [0.05, 0.1) is 5.41 Å². The number of aromatic nitrogens is 2. The van der Waals surface area contributed by atoms with Crippen molar-refractivity contribution in [3.63, 3.8) is 0 Å². The highest BCUT2D eigenvalue weighted by atomic mass is 16.2. The summed E-state index contributed by atoms with van der Waals surface area (Å²) in [6, 6.07) is 5.11. The van der Waals surface area contributed by atoms with Crippen LogP contribution in [0.25, 0.3) is 5.65 Å². The van der Waals surface area contributed by atoms with Crippen LogP contribution >= 0.6 is 0 Å². The van der Waals surface area contributed by atoms with Crippen LogP contribution < -0.4 is 10.9 Å². The van der Waals surface area contributed by atoms with E-state index in [1.54, 1.807) is 24.4 Å². The fraction of sp³-hybridized carbons (Fsp3) is 0.312. The Kier molecular flexibility index (Phi) is 3.02. The molecule has 2 fully saturated rings. The van der Waals surface area contributed by atoms with E-state index >= 15 is 0 Å². The summed E-state index contributed by atoms with van der Waals surface area (Å²) in [5, 5.41) is 2.29. The van der Waals surface area contributed by atoms with Crippen molar-refractivity contribution in [3.8, 4) is 0 Å². The van der Waals surface area contributed by atoms with Crippen molar-refractivity contribution in [1.82, 2.24) is 19.6 Å². The molecule has 1 unspecified atom stereocenters. The highest BCUT2D eigenvalue weighted by Crippen LogP contribution is 2.37. The monoisotopic (exact) mass is 326 g/mol. The van der Waals surface area contributed by atoms with Gasteiger partial charge in [-0.15, -0.1) is 0 Å². The summed E-state index contributed by atoms with van der Waals surface area (Å²) >= 11 is 0. The third-order valence-electron chi connectivity index (χ3n) is 4.72. The Morgan fingerprint density at radius 1 is 1.25 bits per heavy atom. The van der Waals surface area contributed by atoms with Crippen LogP contribution in [0.5, 0.6) is 0 Å². The van der Waals surface area contributed by atoms with Crippen molar-refractivity contribution < 1.29 is 14.4 Å². The van der Waals surface area contributed by atoms with Crippen LogP contribution in [-0.4, -0.2) is 45.1 Å². The van der Waals surface area contributed by atoms with Crippen LogP contribution in [-0.2, 0) is 9.59 Å². The van der Waals surface area contributed by atoms with E-state index in [2.05, 4.69) is 10.3 Å². The maximum Gasteiger partial charge on any atom is 0.270 e. The lowest BCUT2D eigenvalue weighted by atomic mass is 9.85. The summed E-state index contributed by atoms with van der Waals surface area (Å²) in [4.78, 5) is 54.2. The molecule has 0 saturated carbocycles. The highest BCUT2D eigenvalue weighted by Gasteiger charge is 2.52. The lowest BCUT2D eigenvalue weighted by molar-refractivity contribution is -0.128. The predicted octanol–water partition coefficient (Wildman–Crippen LogP) is -0.427. The molecular formula is C16H14N4O4. The molecule has 3 amide bonds. The molecule has 122 valence electrons. The molecule has 2 saturated heterocycles. The standard InChI is InChI=1S/C16H14N4O4/c21-12-7-16(15(24)18-12)4-6-19(9-16)13(22)10-8-17-11-3-1-2-5-20(11)14(10)23/h1-3,5,8H,4,6-7,9H2,(H,18,21,24). The second-order valence-electron chi connectivity index (χ2n) is 6.22. The molecule has 2 aliphatic heterocycles. The molecular weight excluding hydrogens is 312 g/mol. The van der Waals surface area contributed by atoms with E-state index in [0.717, 1.165) is 0 Å². The summed E-state index contributed by atoms with van der Waals surface area (Å²) < 4.78 is 1.31. The predicted molar refractivity (Wildman–Crippen MR) is 82.2 cm³/mol. The molecule has 1 N–H and O–H groups in total. The number of pyridine rings is 1. The molecule has 2 aromatic heterocycles. The number of imide groups is 1. The van der Waals surface area contributed by atoms with E-state index in [-0.39, 0.29) is 30.3 Å². The maximum absolute atomic E-state index is 12.7. The third kappa shape index (κ3) is 2.03. The zero-order valence-corrected chi connectivity index (χ0v) is 12.7. The zero-order chi connectivity index (χ0) is 16.9. The fourth-order valence-corrected chi connectivity index (χ4v) is 3.41. The Labute approximate surface area is 136 Å². The first-order valence-corrected chi connectivity index (χ1v) is 7.60. The van der Waals surface area contributed by atoms with Crippen LogP contribution in [0.15, 0.2) is 35.4 Å². The lowest BCUT2D eigenvalue weighted by Crippen LogP contribution is -2.38. The number of carbonyl (C=O) groups is 3. The molecule has 24 heavy (non-hydrogen) atoms. The quantitative estimate of drug-likeness (QED) is 0.717. The maximum atomic E-state index is 12.7. The third-order valence-corrected chi connectivity index (χ3v) is 4.72. The molecule has 1 atom stereocenters. The van der Waals surface area contributed by atoms with Crippen molar-refractivity contribution in [2.45, 2.75) is 12.8 Å². The Morgan fingerprint density at radius 2 is 2.08 bits per heavy atom. The van der Waals surface area contributed by atoms with Gasteiger partial charge in [0.1, 0.15) is 11.2 Å². The molecule has 2 aromatic rings. The second-order valence-corrected chi connectivity index (χ2v) is 6.22. The normalized spacial score (nSPS) is 23.2. The Balaban J connectivity index is 1.66. The van der Waals surface area contributed by atoms with Crippen LogP contribution in [0.4, 0.5) is 0 Å². The lowest BCUT2D eigenvalue weighted by Gasteiger charge is -2.20. The smallest absolute Gasteiger partial charge is 0.270 e. The zero-order valence-electron chi connectivity index (χ0n) is 12.7. The average Bonchev–Trinajstić information content (AvgIpc) is 3.11. The fourth-order valence-electron chi connectivity index (χ4n) is 3.41. The van der Waals surface area contributed by atoms with E-state index in [0.29, 0.717) is 18.6 Å². The highest BCUT2D eigenvalue weighted by molar-refractivity contribution is 6.06. The van der Waals surface area contributed by atoms with Crippen molar-refractivity contribution in [1.29, 1.82) is 0 Å². The molecule has 2 aliphatic rings. The van der Waals surface area contributed by atoms with Crippen molar-refractivity contribution in [2.75, 3.05) is 13.1 Å². The number of amides is 3. The van der Waals surface area contributed by atoms with Gasteiger partial charge < -0.3 is 4.90 Å². The number of carbonyl (C=O) groups excluding carboxylic acids is 3. The minimum atomic E-state index is -0.854. The molecule has 0 aliphatic carbocycles. The van der Waals surface area contributed by atoms with Crippen LogP contribution in [0.3, 0.4) is 0 Å². The molecule has 8 nitrogen and oxygen atoms in total. The van der Waals surface area contributed by atoms with Gasteiger partial charge in [0.25, 0.3) is 11.5 Å². The van der Waals surface area contributed by atoms with E-state index < -0.39 is 16.9 Å². The van der Waals surface area contributed by atoms with Crippen molar-refractivity contribution in [2.24, 2.45) is 5.41 Å². The molecule has 0 aromatic carbocycles. The number of fused-ring (bicyclic) bond motifs is 1. The van der Waals surface area contributed by atoms with Gasteiger partial charge in [0.15, 0.2) is 0 Å². The average molecular weight is 326 g/mol. The Morgan fingerprint density at radius 3 is 2.83 bits per heavy atom. The Hall–Kier alpha value is -3.03. The molecule has 8 heteroatoms. The van der Waals surface area contributed by atoms with E-state index in [4.69, 9.17) is 0 Å². The van der Waals surface area contributed by atoms with E-state index in [1.165, 1.54) is 15.5 Å². The number of hydrogen-bond donors (Lipinski definition) is 1. The number of nitrogens with one attached hydrogen (secondary N) is 1. The van der Waals surface area contributed by atoms with Gasteiger partial charge in [-0.1, -0.05) is 6.07 Å². The van der Waals surface area contributed by atoms with Crippen LogP contribution in [0, 0.1) is 5.41 Å². The van der Waals surface area contributed by atoms with Gasteiger partial charge in [-0.3, -0.25) is 28.9 Å². The Bertz CT molecular complexity index is 950. The number of rotatable bonds is 1. The van der Waals surface area contributed by atoms with Gasteiger partial charge in [-0.25, -0.2) is 4.98 Å². The first kappa shape index (κ1) is 14.6. The van der Waals surface area contributed by atoms with E-state index in [9.17, 15) is 19.2 Å². The van der Waals surface area contributed by atoms with Gasteiger partial charge in [0.2, 0.25) is 11.8 Å². The summed E-state index contributed by atoms with van der Waals surface area (Å²) in [6.07, 6.45) is 3.32. The first-order chi connectivity index (χ1) is 11.5. The number of likely N-dealkylation sites (tertiary alicyclic amines) is 1. The minimum Gasteiger partial charge on any atom is -0.337 e. The molecule has 1 spiro atoms. The molecule has 4 rings (SSSR count). The molecule has 0 bridgehead atoms. The minimum absolute atomic E-state index is 0.0412. The van der Waals surface area contributed by atoms with Gasteiger partial charge in [0, 0.05) is 31.9 Å². The van der Waals surface area contributed by atoms with E-state index in [1.807, 2.05) is 0 Å². The van der Waals surface area contributed by atoms with Gasteiger partial charge in [-0.05, 0) is 18.6 Å². The topological polar surface area (TPSA) is 101 Å². The summed E-state index contributed by atoms with van der Waals surface area (Å²) in [5.41, 5.74) is -0.885. The largest absolute Gasteiger partial charge is 0.337 e. The first-order valence-electron chi connectivity index (χ1n) is 7.60. The van der Waals surface area contributed by atoms with Crippen LogP contribution in [0.2, 0.25) is 0 Å². The summed E-state index contributed by atoms with van der Waals surface area (Å²) in [5.74, 6) is -1.12. The summed E-state index contributed by atoms with van der Waals surface area (Å²) in [6.45, 7) is 0.469. The van der Waals surface area contributed by atoms with Gasteiger partial charge in [-0.2, -0.15) is 0 Å². The number of nitrogens with zero attached hydrogens (tertiary/aromatic N) is 3. The SMILES string of the molecule is O=C1CC2(CCN(C(=O)c3cnc4ccccn4c3=O)C2)C(=O)N1. The van der Waals surface area contributed by atoms with Gasteiger partial charge >= 0.3 is 0 Å². The van der Waals surface area contributed by atoms with Crippen molar-refractivity contribution >= 4 is 23.4 Å². The molecule has 4 heterocycles. The second kappa shape index (κ2) is 4.98.